The fourth-order valence-corrected chi connectivity index (χ4v) is 5.17. The number of carbonyl (C=O) groups is 2. The summed E-state index contributed by atoms with van der Waals surface area (Å²) in [5, 5.41) is 3.81. The van der Waals surface area contributed by atoms with Gasteiger partial charge in [-0.25, -0.2) is 8.42 Å². The summed E-state index contributed by atoms with van der Waals surface area (Å²) in [5.74, 6) is -0.187. The van der Waals surface area contributed by atoms with Crippen LogP contribution in [0.4, 0.5) is 5.69 Å². The second kappa shape index (κ2) is 13.6. The van der Waals surface area contributed by atoms with E-state index in [1.54, 1.807) is 37.3 Å². The van der Waals surface area contributed by atoms with Gasteiger partial charge >= 0.3 is 0 Å². The molecule has 0 bridgehead atoms. The van der Waals surface area contributed by atoms with E-state index in [0.29, 0.717) is 27.0 Å². The Hall–Kier alpha value is -2.20. The number of benzene rings is 2. The van der Waals surface area contributed by atoms with Gasteiger partial charge in [-0.3, -0.25) is 13.9 Å². The first-order chi connectivity index (χ1) is 17.2. The number of nitrogens with zero attached hydrogens (tertiary/aromatic N) is 2. The highest BCUT2D eigenvalue weighted by Gasteiger charge is 2.27. The van der Waals surface area contributed by atoms with Crippen molar-refractivity contribution in [1.29, 1.82) is 0 Å². The third-order valence-electron chi connectivity index (χ3n) is 5.51. The van der Waals surface area contributed by atoms with Crippen molar-refractivity contribution in [2.24, 2.45) is 0 Å². The average molecular weight is 593 g/mol. The standard InChI is InChI=1S/C25H32Cl3N3O5S/c1-16(2)29-25(33)17(3)30(15-18-8-10-20(26)21(27)13-18)24(32)7-6-12-31(37(5,34)35)19-9-11-23(36-4)22(28)14-19/h8-11,13-14,16-17H,6-7,12,15H2,1-5H3,(H,29,33)/t17-/m1/s1. The van der Waals surface area contributed by atoms with E-state index >= 15 is 0 Å². The maximum Gasteiger partial charge on any atom is 0.242 e. The van der Waals surface area contributed by atoms with Gasteiger partial charge in [0.05, 0.1) is 34.1 Å². The molecule has 0 heterocycles. The van der Waals surface area contributed by atoms with Crippen LogP contribution in [0.3, 0.4) is 0 Å². The van der Waals surface area contributed by atoms with Crippen molar-refractivity contribution >= 4 is 62.3 Å². The van der Waals surface area contributed by atoms with E-state index in [0.717, 1.165) is 6.26 Å². The lowest BCUT2D eigenvalue weighted by molar-refractivity contribution is -0.140. The van der Waals surface area contributed by atoms with Crippen LogP contribution in [0.2, 0.25) is 15.1 Å². The molecule has 0 aliphatic carbocycles. The molecule has 0 aliphatic rings. The van der Waals surface area contributed by atoms with Crippen LogP contribution >= 0.6 is 34.8 Å². The molecule has 204 valence electrons. The maximum absolute atomic E-state index is 13.3. The molecule has 2 rings (SSSR count). The summed E-state index contributed by atoms with van der Waals surface area (Å²) in [4.78, 5) is 27.5. The zero-order valence-corrected chi connectivity index (χ0v) is 24.5. The van der Waals surface area contributed by atoms with Gasteiger partial charge in [0.1, 0.15) is 11.8 Å². The molecule has 12 heteroatoms. The lowest BCUT2D eigenvalue weighted by Crippen LogP contribution is -2.49. The van der Waals surface area contributed by atoms with Crippen LogP contribution < -0.4 is 14.4 Å². The van der Waals surface area contributed by atoms with Gasteiger partial charge in [0, 0.05) is 25.6 Å². The Balaban J connectivity index is 2.22. The number of carbonyl (C=O) groups excluding carboxylic acids is 2. The number of rotatable bonds is 12. The summed E-state index contributed by atoms with van der Waals surface area (Å²) >= 11 is 18.3. The molecule has 1 atom stereocenters. The van der Waals surface area contributed by atoms with E-state index in [1.807, 2.05) is 13.8 Å². The van der Waals surface area contributed by atoms with E-state index in [1.165, 1.54) is 22.4 Å². The smallest absolute Gasteiger partial charge is 0.242 e. The van der Waals surface area contributed by atoms with Crippen molar-refractivity contribution < 1.29 is 22.7 Å². The van der Waals surface area contributed by atoms with Gasteiger partial charge in [0.25, 0.3) is 0 Å². The topological polar surface area (TPSA) is 96.0 Å². The molecule has 0 saturated heterocycles. The Bertz CT molecular complexity index is 1220. The highest BCUT2D eigenvalue weighted by molar-refractivity contribution is 7.92. The fraction of sp³-hybridized carbons (Fsp3) is 0.440. The summed E-state index contributed by atoms with van der Waals surface area (Å²) in [6.45, 7) is 5.49. The normalized spacial score (nSPS) is 12.2. The number of nitrogens with one attached hydrogen (secondary N) is 1. The summed E-state index contributed by atoms with van der Waals surface area (Å²) in [7, 11) is -2.19. The fourth-order valence-electron chi connectivity index (χ4n) is 3.64. The molecule has 8 nitrogen and oxygen atoms in total. The number of halogens is 3. The molecular weight excluding hydrogens is 561 g/mol. The predicted octanol–water partition coefficient (Wildman–Crippen LogP) is 5.14. The highest BCUT2D eigenvalue weighted by Crippen LogP contribution is 2.30. The summed E-state index contributed by atoms with van der Waals surface area (Å²) in [6, 6.07) is 8.81. The predicted molar refractivity (Wildman–Crippen MR) is 149 cm³/mol. The molecule has 0 unspecified atom stereocenters. The molecule has 1 N–H and O–H groups in total. The minimum Gasteiger partial charge on any atom is -0.495 e. The zero-order valence-electron chi connectivity index (χ0n) is 21.4. The van der Waals surface area contributed by atoms with E-state index in [2.05, 4.69) is 5.32 Å². The Morgan fingerprint density at radius 2 is 1.68 bits per heavy atom. The van der Waals surface area contributed by atoms with Gasteiger partial charge in [-0.1, -0.05) is 40.9 Å². The van der Waals surface area contributed by atoms with Crippen LogP contribution in [0.5, 0.6) is 5.75 Å². The highest BCUT2D eigenvalue weighted by atomic mass is 35.5. The first-order valence-electron chi connectivity index (χ1n) is 11.6. The molecule has 0 saturated carbocycles. The molecule has 0 aromatic heterocycles. The van der Waals surface area contributed by atoms with Crippen molar-refractivity contribution in [2.75, 3.05) is 24.2 Å². The van der Waals surface area contributed by atoms with E-state index in [4.69, 9.17) is 39.5 Å². The molecule has 0 aliphatic heterocycles. The van der Waals surface area contributed by atoms with Gasteiger partial charge in [0.2, 0.25) is 21.8 Å². The van der Waals surface area contributed by atoms with Crippen LogP contribution in [-0.4, -0.2) is 57.1 Å². The zero-order chi connectivity index (χ0) is 27.9. The van der Waals surface area contributed by atoms with Crippen LogP contribution in [0.1, 0.15) is 39.2 Å². The van der Waals surface area contributed by atoms with E-state index in [-0.39, 0.29) is 48.8 Å². The molecule has 0 spiro atoms. The number of sulfonamides is 1. The SMILES string of the molecule is COc1ccc(N(CCCC(=O)N(Cc2ccc(Cl)c(Cl)c2)[C@H](C)C(=O)NC(C)C)S(C)(=O)=O)cc1Cl. The largest absolute Gasteiger partial charge is 0.495 e. The number of methoxy groups -OCH3 is 1. The Kier molecular flexibility index (Phi) is 11.4. The number of ether oxygens (including phenoxy) is 1. The van der Waals surface area contributed by atoms with Crippen molar-refractivity contribution in [3.63, 3.8) is 0 Å². The van der Waals surface area contributed by atoms with Crippen molar-refractivity contribution in [2.45, 2.75) is 52.2 Å². The second-order valence-electron chi connectivity index (χ2n) is 8.87. The van der Waals surface area contributed by atoms with Crippen LogP contribution in [0, 0.1) is 0 Å². The molecule has 0 radical (unpaired) electrons. The van der Waals surface area contributed by atoms with Gasteiger partial charge in [0.15, 0.2) is 0 Å². The van der Waals surface area contributed by atoms with E-state index in [9.17, 15) is 18.0 Å². The number of anilines is 1. The summed E-state index contributed by atoms with van der Waals surface area (Å²) < 4.78 is 31.3. The maximum atomic E-state index is 13.3. The molecule has 37 heavy (non-hydrogen) atoms. The summed E-state index contributed by atoms with van der Waals surface area (Å²) in [5.41, 5.74) is 1.07. The lowest BCUT2D eigenvalue weighted by Gasteiger charge is -2.30. The van der Waals surface area contributed by atoms with Gasteiger partial charge in [-0.15, -0.1) is 0 Å². The molecule has 0 fully saturated rings. The van der Waals surface area contributed by atoms with Gasteiger partial charge in [-0.2, -0.15) is 0 Å². The van der Waals surface area contributed by atoms with Crippen LogP contribution in [-0.2, 0) is 26.2 Å². The number of hydrogen-bond donors (Lipinski definition) is 1. The molecule has 2 aromatic rings. The molecule has 2 aromatic carbocycles. The lowest BCUT2D eigenvalue weighted by atomic mass is 10.1. The first-order valence-corrected chi connectivity index (χ1v) is 14.6. The van der Waals surface area contributed by atoms with Crippen molar-refractivity contribution in [3.8, 4) is 5.75 Å². The minimum absolute atomic E-state index is 0.0104. The monoisotopic (exact) mass is 591 g/mol. The van der Waals surface area contributed by atoms with Crippen molar-refractivity contribution in [3.05, 3.63) is 57.0 Å². The van der Waals surface area contributed by atoms with Gasteiger partial charge in [-0.05, 0) is 63.1 Å². The molecule has 2 amide bonds. The Morgan fingerprint density at radius 3 is 2.22 bits per heavy atom. The van der Waals surface area contributed by atoms with Crippen LogP contribution in [0.15, 0.2) is 36.4 Å². The molecular formula is C25H32Cl3N3O5S. The Morgan fingerprint density at radius 1 is 1.00 bits per heavy atom. The number of hydrogen-bond acceptors (Lipinski definition) is 5. The average Bonchev–Trinajstić information content (AvgIpc) is 2.80. The Labute approximate surface area is 233 Å². The quantitative estimate of drug-likeness (QED) is 0.368. The van der Waals surface area contributed by atoms with Crippen molar-refractivity contribution in [1.82, 2.24) is 10.2 Å². The first kappa shape index (κ1) is 31.0. The third-order valence-corrected chi connectivity index (χ3v) is 7.74. The van der Waals surface area contributed by atoms with Gasteiger partial charge < -0.3 is 15.0 Å². The number of amides is 2. The third kappa shape index (κ3) is 8.95. The minimum atomic E-state index is -3.66. The second-order valence-corrected chi connectivity index (χ2v) is 12.0. The van der Waals surface area contributed by atoms with Crippen LogP contribution in [0.25, 0.3) is 0 Å². The summed E-state index contributed by atoms with van der Waals surface area (Å²) in [6.07, 6.45) is 1.31. The van der Waals surface area contributed by atoms with E-state index < -0.39 is 16.1 Å².